The molecule has 2 rings (SSSR count). The van der Waals surface area contributed by atoms with Crippen LogP contribution in [-0.2, 0) is 4.74 Å². The molecule has 1 fully saturated rings. The molecule has 94 valence electrons. The Morgan fingerprint density at radius 3 is 2.88 bits per heavy atom. The summed E-state index contributed by atoms with van der Waals surface area (Å²) in [5, 5.41) is 0.324. The highest BCUT2D eigenvalue weighted by Crippen LogP contribution is 2.37. The van der Waals surface area contributed by atoms with Crippen molar-refractivity contribution >= 4 is 11.8 Å². The van der Waals surface area contributed by atoms with Gasteiger partial charge in [-0.1, -0.05) is 12.1 Å². The molecule has 0 saturated carbocycles. The minimum atomic E-state index is -0.177. The summed E-state index contributed by atoms with van der Waals surface area (Å²) in [7, 11) is 0. The van der Waals surface area contributed by atoms with E-state index >= 15 is 0 Å². The standard InChI is InChI=1S/C13H18FNOS/c1-8(15)10-4-3-5-11(14)13(10)17-12-6-7-16-9(12)2/h3-5,8-9,12H,6-7,15H2,1-2H3/t8-,9?,12?/m1/s1. The first-order valence-electron chi connectivity index (χ1n) is 5.92. The van der Waals surface area contributed by atoms with Gasteiger partial charge in [-0.05, 0) is 31.9 Å². The van der Waals surface area contributed by atoms with Gasteiger partial charge in [0.25, 0.3) is 0 Å². The molecule has 0 bridgehead atoms. The van der Waals surface area contributed by atoms with E-state index in [9.17, 15) is 4.39 Å². The van der Waals surface area contributed by atoms with Crippen LogP contribution < -0.4 is 5.73 Å². The molecular weight excluding hydrogens is 237 g/mol. The van der Waals surface area contributed by atoms with E-state index in [2.05, 4.69) is 0 Å². The molecule has 4 heteroatoms. The third-order valence-corrected chi connectivity index (χ3v) is 4.65. The number of nitrogens with two attached hydrogens (primary N) is 1. The fourth-order valence-electron chi connectivity index (χ4n) is 2.03. The second-order valence-electron chi connectivity index (χ2n) is 4.47. The highest BCUT2D eigenvalue weighted by Gasteiger charge is 2.27. The van der Waals surface area contributed by atoms with Crippen LogP contribution in [0.25, 0.3) is 0 Å². The monoisotopic (exact) mass is 255 g/mol. The van der Waals surface area contributed by atoms with Crippen LogP contribution >= 0.6 is 11.8 Å². The quantitative estimate of drug-likeness (QED) is 0.901. The molecule has 1 saturated heterocycles. The van der Waals surface area contributed by atoms with Crippen LogP contribution in [-0.4, -0.2) is 18.0 Å². The average Bonchev–Trinajstić information content (AvgIpc) is 2.67. The molecule has 0 spiro atoms. The van der Waals surface area contributed by atoms with Gasteiger partial charge in [-0.3, -0.25) is 0 Å². The number of halogens is 1. The maximum absolute atomic E-state index is 13.9. The molecule has 1 heterocycles. The van der Waals surface area contributed by atoms with E-state index in [0.717, 1.165) is 18.6 Å². The Bertz CT molecular complexity index is 397. The normalized spacial score (nSPS) is 26.1. The lowest BCUT2D eigenvalue weighted by molar-refractivity contribution is 0.127. The summed E-state index contributed by atoms with van der Waals surface area (Å²) in [6, 6.07) is 4.96. The summed E-state index contributed by atoms with van der Waals surface area (Å²) in [5.41, 5.74) is 6.76. The van der Waals surface area contributed by atoms with Gasteiger partial charge in [0.1, 0.15) is 5.82 Å². The van der Waals surface area contributed by atoms with Gasteiger partial charge in [-0.15, -0.1) is 11.8 Å². The summed E-state index contributed by atoms with van der Waals surface area (Å²) < 4.78 is 19.4. The third-order valence-electron chi connectivity index (χ3n) is 3.06. The maximum atomic E-state index is 13.9. The van der Waals surface area contributed by atoms with E-state index in [0.29, 0.717) is 10.1 Å². The molecule has 0 aliphatic carbocycles. The SMILES string of the molecule is CC1OCCC1Sc1c(F)cccc1[C@@H](C)N. The molecule has 0 amide bonds. The van der Waals surface area contributed by atoms with Gasteiger partial charge < -0.3 is 10.5 Å². The van der Waals surface area contributed by atoms with Crippen LogP contribution in [0.2, 0.25) is 0 Å². The molecule has 17 heavy (non-hydrogen) atoms. The summed E-state index contributed by atoms with van der Waals surface area (Å²) in [6.45, 7) is 4.69. The Kier molecular flexibility index (Phi) is 4.07. The first-order chi connectivity index (χ1) is 8.09. The van der Waals surface area contributed by atoms with E-state index in [1.54, 1.807) is 17.8 Å². The first kappa shape index (κ1) is 12.9. The lowest BCUT2D eigenvalue weighted by Gasteiger charge is -2.18. The molecule has 2 unspecified atom stereocenters. The fraction of sp³-hybridized carbons (Fsp3) is 0.538. The Morgan fingerprint density at radius 1 is 1.53 bits per heavy atom. The lowest BCUT2D eigenvalue weighted by atomic mass is 10.1. The summed E-state index contributed by atoms with van der Waals surface area (Å²) in [4.78, 5) is 0.685. The van der Waals surface area contributed by atoms with Gasteiger partial charge >= 0.3 is 0 Å². The second-order valence-corrected chi connectivity index (χ2v) is 5.72. The molecular formula is C13H18FNOS. The molecule has 2 nitrogen and oxygen atoms in total. The summed E-state index contributed by atoms with van der Waals surface area (Å²) in [6.07, 6.45) is 1.15. The van der Waals surface area contributed by atoms with Crippen molar-refractivity contribution in [3.63, 3.8) is 0 Å². The minimum absolute atomic E-state index is 0.147. The largest absolute Gasteiger partial charge is 0.377 e. The predicted molar refractivity (Wildman–Crippen MR) is 68.7 cm³/mol. The Hall–Kier alpha value is -0.580. The minimum Gasteiger partial charge on any atom is -0.377 e. The summed E-state index contributed by atoms with van der Waals surface area (Å²) in [5.74, 6) is -0.177. The van der Waals surface area contributed by atoms with Crippen molar-refractivity contribution in [3.05, 3.63) is 29.6 Å². The highest BCUT2D eigenvalue weighted by atomic mass is 32.2. The molecule has 1 aliphatic rings. The number of hydrogen-bond acceptors (Lipinski definition) is 3. The zero-order valence-electron chi connectivity index (χ0n) is 10.2. The van der Waals surface area contributed by atoms with Crippen molar-refractivity contribution in [1.29, 1.82) is 0 Å². The van der Waals surface area contributed by atoms with E-state index in [4.69, 9.17) is 10.5 Å². The van der Waals surface area contributed by atoms with Crippen molar-refractivity contribution in [1.82, 2.24) is 0 Å². The zero-order valence-corrected chi connectivity index (χ0v) is 11.0. The number of hydrogen-bond donors (Lipinski definition) is 1. The molecule has 1 aromatic carbocycles. The third kappa shape index (κ3) is 2.81. The van der Waals surface area contributed by atoms with Gasteiger partial charge in [0.2, 0.25) is 0 Å². The lowest BCUT2D eigenvalue weighted by Crippen LogP contribution is -2.15. The van der Waals surface area contributed by atoms with Gasteiger partial charge in [0, 0.05) is 22.8 Å². The van der Waals surface area contributed by atoms with Crippen LogP contribution in [0.4, 0.5) is 4.39 Å². The van der Waals surface area contributed by atoms with Crippen LogP contribution in [0, 0.1) is 5.82 Å². The van der Waals surface area contributed by atoms with Crippen molar-refractivity contribution in [3.8, 4) is 0 Å². The van der Waals surface area contributed by atoms with Crippen molar-refractivity contribution in [2.24, 2.45) is 5.73 Å². The van der Waals surface area contributed by atoms with Crippen LogP contribution in [0.1, 0.15) is 31.9 Å². The van der Waals surface area contributed by atoms with E-state index in [1.807, 2.05) is 19.9 Å². The highest BCUT2D eigenvalue weighted by molar-refractivity contribution is 8.00. The molecule has 0 aromatic heterocycles. The van der Waals surface area contributed by atoms with Crippen molar-refractivity contribution in [2.45, 2.75) is 42.6 Å². The number of benzene rings is 1. The van der Waals surface area contributed by atoms with Crippen LogP contribution in [0.3, 0.4) is 0 Å². The van der Waals surface area contributed by atoms with E-state index in [1.165, 1.54) is 6.07 Å². The predicted octanol–water partition coefficient (Wildman–Crippen LogP) is 3.11. The van der Waals surface area contributed by atoms with Gasteiger partial charge in [0.15, 0.2) is 0 Å². The first-order valence-corrected chi connectivity index (χ1v) is 6.80. The second kappa shape index (κ2) is 5.38. The smallest absolute Gasteiger partial charge is 0.137 e. The van der Waals surface area contributed by atoms with Crippen molar-refractivity contribution in [2.75, 3.05) is 6.61 Å². The Morgan fingerprint density at radius 2 is 2.29 bits per heavy atom. The number of rotatable bonds is 3. The maximum Gasteiger partial charge on any atom is 0.137 e. The van der Waals surface area contributed by atoms with Gasteiger partial charge in [-0.25, -0.2) is 4.39 Å². The Balaban J connectivity index is 2.24. The average molecular weight is 255 g/mol. The molecule has 1 aliphatic heterocycles. The summed E-state index contributed by atoms with van der Waals surface area (Å²) >= 11 is 1.56. The molecule has 0 radical (unpaired) electrons. The Labute approximate surface area is 106 Å². The molecule has 1 aromatic rings. The van der Waals surface area contributed by atoms with E-state index < -0.39 is 0 Å². The van der Waals surface area contributed by atoms with Gasteiger partial charge in [-0.2, -0.15) is 0 Å². The molecule has 3 atom stereocenters. The molecule has 2 N–H and O–H groups in total. The van der Waals surface area contributed by atoms with E-state index in [-0.39, 0.29) is 18.0 Å². The number of ether oxygens (including phenoxy) is 1. The topological polar surface area (TPSA) is 35.2 Å². The van der Waals surface area contributed by atoms with Crippen molar-refractivity contribution < 1.29 is 9.13 Å². The fourth-order valence-corrected chi connectivity index (χ4v) is 3.38. The van der Waals surface area contributed by atoms with Crippen LogP contribution in [0.15, 0.2) is 23.1 Å². The zero-order chi connectivity index (χ0) is 12.4. The van der Waals surface area contributed by atoms with Gasteiger partial charge in [0.05, 0.1) is 6.10 Å². The number of thioether (sulfide) groups is 1. The van der Waals surface area contributed by atoms with Crippen LogP contribution in [0.5, 0.6) is 0 Å².